The van der Waals surface area contributed by atoms with E-state index < -0.39 is 23.4 Å². The normalized spacial score (nSPS) is 14.9. The van der Waals surface area contributed by atoms with Gasteiger partial charge >= 0.3 is 11.9 Å². The summed E-state index contributed by atoms with van der Waals surface area (Å²) in [5.41, 5.74) is -0.538. The van der Waals surface area contributed by atoms with Gasteiger partial charge in [-0.3, -0.25) is 9.59 Å². The van der Waals surface area contributed by atoms with Crippen molar-refractivity contribution in [2.45, 2.75) is 40.2 Å². The monoisotopic (exact) mass is 262 g/mol. The van der Waals surface area contributed by atoms with Gasteiger partial charge in [0.15, 0.2) is 0 Å². The molecule has 0 saturated heterocycles. The summed E-state index contributed by atoms with van der Waals surface area (Å²) < 4.78 is 5.15. The molecule has 6 nitrogen and oxygen atoms in total. The molecule has 0 saturated carbocycles. The van der Waals surface area contributed by atoms with Crippen molar-refractivity contribution >= 4 is 11.9 Å². The highest BCUT2D eigenvalue weighted by molar-refractivity contribution is 5.72. The van der Waals surface area contributed by atoms with Crippen LogP contribution in [0.1, 0.15) is 34.6 Å². The van der Waals surface area contributed by atoms with Crippen molar-refractivity contribution in [1.82, 2.24) is 0 Å². The van der Waals surface area contributed by atoms with E-state index in [0.717, 1.165) is 0 Å². The summed E-state index contributed by atoms with van der Waals surface area (Å²) in [5.74, 6) is -2.46. The van der Waals surface area contributed by atoms with Crippen molar-refractivity contribution in [3.05, 3.63) is 0 Å². The lowest BCUT2D eigenvalue weighted by molar-refractivity contribution is -0.305. The smallest absolute Gasteiger partial charge is 0.311 e. The Bertz CT molecular complexity index is 281. The minimum absolute atomic E-state index is 0.0290. The zero-order valence-electron chi connectivity index (χ0n) is 11.6. The van der Waals surface area contributed by atoms with Crippen molar-refractivity contribution in [3.8, 4) is 0 Å². The van der Waals surface area contributed by atoms with Crippen LogP contribution in [0.5, 0.6) is 0 Å². The van der Waals surface area contributed by atoms with Crippen molar-refractivity contribution in [2.24, 2.45) is 11.8 Å². The largest absolute Gasteiger partial charge is 0.481 e. The van der Waals surface area contributed by atoms with Crippen molar-refractivity contribution < 1.29 is 29.2 Å². The Hall–Kier alpha value is -1.14. The first kappa shape index (κ1) is 16.9. The highest BCUT2D eigenvalue weighted by Gasteiger charge is 2.22. The van der Waals surface area contributed by atoms with Gasteiger partial charge in [0.05, 0.1) is 25.0 Å². The molecule has 0 aromatic carbocycles. The first-order valence-corrected chi connectivity index (χ1v) is 5.83. The third-order valence-electron chi connectivity index (χ3n) is 1.95. The first-order valence-electron chi connectivity index (χ1n) is 5.83. The molecular weight excluding hydrogens is 240 g/mol. The second-order valence-electron chi connectivity index (χ2n) is 5.24. The van der Waals surface area contributed by atoms with E-state index in [4.69, 9.17) is 19.6 Å². The Balaban J connectivity index is 3.80. The molecule has 0 heterocycles. The third-order valence-corrected chi connectivity index (χ3v) is 1.95. The molecule has 0 aromatic rings. The van der Waals surface area contributed by atoms with E-state index in [-0.39, 0.29) is 19.2 Å². The molecule has 0 fully saturated rings. The van der Waals surface area contributed by atoms with E-state index >= 15 is 0 Å². The molecule has 0 bridgehead atoms. The second-order valence-corrected chi connectivity index (χ2v) is 5.24. The summed E-state index contributed by atoms with van der Waals surface area (Å²) >= 11 is 0. The molecule has 0 aromatic heterocycles. The fourth-order valence-corrected chi connectivity index (χ4v) is 0.842. The van der Waals surface area contributed by atoms with Gasteiger partial charge in [-0.05, 0) is 34.6 Å². The number of carbonyl (C=O) groups is 2. The van der Waals surface area contributed by atoms with Crippen LogP contribution in [-0.4, -0.2) is 35.9 Å². The first-order chi connectivity index (χ1) is 8.13. The van der Waals surface area contributed by atoms with Gasteiger partial charge in [0.2, 0.25) is 0 Å². The average molecular weight is 262 g/mol. The van der Waals surface area contributed by atoms with Crippen LogP contribution in [0, 0.1) is 11.8 Å². The molecule has 0 aliphatic carbocycles. The highest BCUT2D eigenvalue weighted by atomic mass is 17.2. The quantitative estimate of drug-likeness (QED) is 0.325. The van der Waals surface area contributed by atoms with E-state index in [1.54, 1.807) is 27.7 Å². The third kappa shape index (κ3) is 8.03. The summed E-state index contributed by atoms with van der Waals surface area (Å²) in [6.45, 7) is 8.47. The Morgan fingerprint density at radius 2 is 1.50 bits per heavy atom. The maximum Gasteiger partial charge on any atom is 0.311 e. The Labute approximate surface area is 107 Å². The molecule has 18 heavy (non-hydrogen) atoms. The molecule has 0 radical (unpaired) electrons. The van der Waals surface area contributed by atoms with Gasteiger partial charge in [-0.2, -0.15) is 0 Å². The van der Waals surface area contributed by atoms with E-state index in [0.29, 0.717) is 0 Å². The van der Waals surface area contributed by atoms with Crippen LogP contribution >= 0.6 is 0 Å². The lowest BCUT2D eigenvalue weighted by Crippen LogP contribution is -2.29. The zero-order valence-corrected chi connectivity index (χ0v) is 11.6. The Morgan fingerprint density at radius 1 is 1.06 bits per heavy atom. The Morgan fingerprint density at radius 3 is 1.89 bits per heavy atom. The number of ether oxygens (including phenoxy) is 1. The predicted molar refractivity (Wildman–Crippen MR) is 63.7 cm³/mol. The highest BCUT2D eigenvalue weighted by Crippen LogP contribution is 2.11. The molecule has 0 rings (SSSR count). The number of carbonyl (C=O) groups excluding carboxylic acids is 1. The van der Waals surface area contributed by atoms with E-state index in [1.165, 1.54) is 6.92 Å². The summed E-state index contributed by atoms with van der Waals surface area (Å²) in [6.07, 6.45) is 0. The maximum atomic E-state index is 11.5. The molecule has 0 amide bonds. The minimum Gasteiger partial charge on any atom is -0.481 e. The van der Waals surface area contributed by atoms with Crippen LogP contribution in [0.25, 0.3) is 0 Å². The maximum absolute atomic E-state index is 11.5. The molecule has 6 heteroatoms. The number of hydrogen-bond donors (Lipinski definition) is 1. The van der Waals surface area contributed by atoms with Gasteiger partial charge in [0.25, 0.3) is 0 Å². The Kier molecular flexibility index (Phi) is 6.86. The van der Waals surface area contributed by atoms with Crippen LogP contribution in [0.3, 0.4) is 0 Å². The van der Waals surface area contributed by atoms with Crippen LogP contribution in [-0.2, 0) is 24.1 Å². The van der Waals surface area contributed by atoms with Crippen LogP contribution in [0.15, 0.2) is 0 Å². The second kappa shape index (κ2) is 7.33. The number of rotatable bonds is 7. The van der Waals surface area contributed by atoms with Crippen molar-refractivity contribution in [1.29, 1.82) is 0 Å². The molecule has 2 atom stereocenters. The van der Waals surface area contributed by atoms with Gasteiger partial charge < -0.3 is 9.84 Å². The fraction of sp³-hybridized carbons (Fsp3) is 0.833. The number of carboxylic acid groups (broad SMARTS) is 1. The molecule has 1 N–H and O–H groups in total. The van der Waals surface area contributed by atoms with Gasteiger partial charge in [0, 0.05) is 0 Å². The van der Waals surface area contributed by atoms with Gasteiger partial charge in [0.1, 0.15) is 5.60 Å². The van der Waals surface area contributed by atoms with Crippen LogP contribution < -0.4 is 0 Å². The summed E-state index contributed by atoms with van der Waals surface area (Å²) in [7, 11) is 0. The van der Waals surface area contributed by atoms with E-state index in [2.05, 4.69) is 0 Å². The van der Waals surface area contributed by atoms with Gasteiger partial charge in [-0.15, -0.1) is 0 Å². The fourth-order valence-electron chi connectivity index (χ4n) is 0.842. The van der Waals surface area contributed by atoms with Crippen LogP contribution in [0.4, 0.5) is 0 Å². The SMILES string of the molecule is CC(COOCC(C)C(=O)OC(C)(C)C)C(=O)O. The average Bonchev–Trinajstić information content (AvgIpc) is 2.20. The number of carboxylic acids is 1. The number of esters is 1. The van der Waals surface area contributed by atoms with Gasteiger partial charge in [-0.1, -0.05) is 0 Å². The van der Waals surface area contributed by atoms with E-state index in [9.17, 15) is 9.59 Å². The molecule has 106 valence electrons. The number of aliphatic carboxylic acids is 1. The van der Waals surface area contributed by atoms with Crippen LogP contribution in [0.2, 0.25) is 0 Å². The standard InChI is InChI=1S/C12H22O6/c1-8(10(13)14)6-16-17-7-9(2)11(15)18-12(3,4)5/h8-9H,6-7H2,1-5H3,(H,13,14). The zero-order chi connectivity index (χ0) is 14.3. The summed E-state index contributed by atoms with van der Waals surface area (Å²) in [6, 6.07) is 0. The topological polar surface area (TPSA) is 82.1 Å². The van der Waals surface area contributed by atoms with Crippen molar-refractivity contribution in [2.75, 3.05) is 13.2 Å². The molecular formula is C12H22O6. The summed E-state index contributed by atoms with van der Waals surface area (Å²) in [4.78, 5) is 31.5. The van der Waals surface area contributed by atoms with Crippen molar-refractivity contribution in [3.63, 3.8) is 0 Å². The summed E-state index contributed by atoms with van der Waals surface area (Å²) in [5, 5.41) is 8.60. The molecule has 2 unspecified atom stereocenters. The predicted octanol–water partition coefficient (Wildman–Crippen LogP) is 1.63. The number of hydrogen-bond acceptors (Lipinski definition) is 5. The molecule has 0 spiro atoms. The molecule has 0 aliphatic heterocycles. The lowest BCUT2D eigenvalue weighted by Gasteiger charge is -2.22. The minimum atomic E-state index is -0.959. The molecule has 0 aliphatic rings. The lowest BCUT2D eigenvalue weighted by atomic mass is 10.1. The van der Waals surface area contributed by atoms with E-state index in [1.807, 2.05) is 0 Å². The van der Waals surface area contributed by atoms with Gasteiger partial charge in [-0.25, -0.2) is 9.78 Å².